The van der Waals surface area contributed by atoms with Crippen molar-refractivity contribution in [3.8, 4) is 0 Å². The molecule has 4 rings (SSSR count). The van der Waals surface area contributed by atoms with Crippen LogP contribution in [0.2, 0.25) is 0 Å². The molecule has 0 bridgehead atoms. The van der Waals surface area contributed by atoms with Crippen LogP contribution in [-0.4, -0.2) is 81.5 Å². The molecule has 2 saturated heterocycles. The molecule has 3 heterocycles. The molecule has 3 amide bonds. The van der Waals surface area contributed by atoms with Crippen molar-refractivity contribution >= 4 is 18.2 Å². The van der Waals surface area contributed by atoms with E-state index in [9.17, 15) is 24.0 Å². The van der Waals surface area contributed by atoms with E-state index in [2.05, 4.69) is 10.1 Å². The summed E-state index contributed by atoms with van der Waals surface area (Å²) in [5.41, 5.74) is -0.119. The number of likely N-dealkylation sites (tertiary alicyclic amines) is 1. The number of aromatic nitrogens is 2. The fourth-order valence-electron chi connectivity index (χ4n) is 4.78. The number of hydrogen-bond acceptors (Lipinski definition) is 7. The first-order valence-corrected chi connectivity index (χ1v) is 12.2. The molecular weight excluding hydrogens is 461 g/mol. The molecule has 3 fully saturated rings. The molecule has 1 aliphatic carbocycles. The maximum Gasteiger partial charge on any atom is 0.270 e. The van der Waals surface area contributed by atoms with Crippen molar-refractivity contribution < 1.29 is 33.6 Å². The van der Waals surface area contributed by atoms with Gasteiger partial charge < -0.3 is 14.8 Å². The van der Waals surface area contributed by atoms with E-state index in [1.807, 2.05) is 0 Å². The minimum Gasteiger partial charge on any atom is -0.410 e. The molecule has 1 unspecified atom stereocenters. The predicted molar refractivity (Wildman–Crippen MR) is 118 cm³/mol. The molecule has 0 radical (unpaired) electrons. The summed E-state index contributed by atoms with van der Waals surface area (Å²) in [4.78, 5) is 49.4. The first kappa shape index (κ1) is 25.2. The first-order valence-electron chi connectivity index (χ1n) is 12.2. The van der Waals surface area contributed by atoms with Crippen molar-refractivity contribution in [2.45, 2.75) is 69.9 Å². The average molecular weight is 494 g/mol. The van der Waals surface area contributed by atoms with Crippen LogP contribution in [0, 0.1) is 11.8 Å². The third kappa shape index (κ3) is 6.43. The third-order valence-corrected chi connectivity index (χ3v) is 6.86. The zero-order valence-electron chi connectivity index (χ0n) is 19.6. The molecule has 0 spiro atoms. The lowest BCUT2D eigenvalue weighted by molar-refractivity contribution is -0.276. The molecule has 0 aromatic carbocycles. The van der Waals surface area contributed by atoms with E-state index in [1.165, 1.54) is 23.2 Å². The maximum atomic E-state index is 14.4. The Kier molecular flexibility index (Phi) is 8.45. The van der Waals surface area contributed by atoms with Crippen molar-refractivity contribution in [2.75, 3.05) is 19.7 Å². The standard InChI is InChI=1S/C23H32FN5O6/c24-18-12-19(22(31)26-20-7-4-9-25-29(20)33)28(14-18)23(32)17(11-16-5-3-6-16)13-27(15-30)35-21-8-1-2-10-34-21/h4,7,9,15-19,21,33H,1-3,5-6,8,10-14H2/t17-,18-,19+,21?/m1/s1. The fraction of sp³-hybridized carbons (Fsp3) is 0.696. The Labute approximate surface area is 202 Å². The van der Waals surface area contributed by atoms with E-state index in [0.29, 0.717) is 36.6 Å². The summed E-state index contributed by atoms with van der Waals surface area (Å²) in [5, 5.41) is 14.4. The minimum absolute atomic E-state index is 0.0105. The van der Waals surface area contributed by atoms with E-state index in [0.717, 1.165) is 37.2 Å². The van der Waals surface area contributed by atoms with Crippen molar-refractivity contribution in [3.05, 3.63) is 23.8 Å². The molecule has 1 saturated carbocycles. The summed E-state index contributed by atoms with van der Waals surface area (Å²) < 4.78 is 20.0. The number of hydroxylamine groups is 2. The number of alkyl halides is 1. The lowest BCUT2D eigenvalue weighted by Gasteiger charge is -2.35. The van der Waals surface area contributed by atoms with E-state index >= 15 is 0 Å². The highest BCUT2D eigenvalue weighted by atomic mass is 19.1. The summed E-state index contributed by atoms with van der Waals surface area (Å²) in [6, 6.07) is 1.77. The lowest BCUT2D eigenvalue weighted by Crippen LogP contribution is -2.47. The number of halogens is 1. The number of carbonyl (C=O) groups is 3. The third-order valence-electron chi connectivity index (χ3n) is 6.86. The molecule has 1 N–H and O–H groups in total. The van der Waals surface area contributed by atoms with Crippen LogP contribution in [0.5, 0.6) is 0 Å². The molecule has 35 heavy (non-hydrogen) atoms. The highest BCUT2D eigenvalue weighted by molar-refractivity contribution is 5.90. The Morgan fingerprint density at radius 3 is 2.83 bits per heavy atom. The van der Waals surface area contributed by atoms with Crippen LogP contribution in [0.3, 0.4) is 0 Å². The van der Waals surface area contributed by atoms with Gasteiger partial charge >= 0.3 is 0 Å². The van der Waals surface area contributed by atoms with Crippen LogP contribution < -0.4 is 5.49 Å². The molecule has 1 aromatic rings. The van der Waals surface area contributed by atoms with Gasteiger partial charge in [0.2, 0.25) is 12.3 Å². The van der Waals surface area contributed by atoms with Crippen LogP contribution in [0.25, 0.3) is 0 Å². The largest absolute Gasteiger partial charge is 0.410 e. The summed E-state index contributed by atoms with van der Waals surface area (Å²) in [5.74, 6) is -1.48. The van der Waals surface area contributed by atoms with Crippen LogP contribution in [0.4, 0.5) is 4.39 Å². The van der Waals surface area contributed by atoms with E-state index < -0.39 is 36.2 Å². The zero-order chi connectivity index (χ0) is 24.8. The van der Waals surface area contributed by atoms with Crippen molar-refractivity contribution in [3.63, 3.8) is 0 Å². The number of rotatable bonds is 9. The van der Waals surface area contributed by atoms with Crippen molar-refractivity contribution in [1.29, 1.82) is 0 Å². The number of ether oxygens (including phenoxy) is 1. The lowest BCUT2D eigenvalue weighted by atomic mass is 9.78. The highest BCUT2D eigenvalue weighted by Gasteiger charge is 2.43. The molecule has 1 aromatic heterocycles. The number of amides is 3. The summed E-state index contributed by atoms with van der Waals surface area (Å²) >= 11 is 0. The monoisotopic (exact) mass is 493 g/mol. The predicted octanol–water partition coefficient (Wildman–Crippen LogP) is 1.21. The second-order valence-electron chi connectivity index (χ2n) is 9.40. The molecule has 12 heteroatoms. The van der Waals surface area contributed by atoms with Gasteiger partial charge in [-0.2, -0.15) is 4.99 Å². The molecule has 2 aliphatic heterocycles. The van der Waals surface area contributed by atoms with E-state index in [4.69, 9.17) is 9.57 Å². The van der Waals surface area contributed by atoms with Gasteiger partial charge in [0.05, 0.1) is 25.2 Å². The Morgan fingerprint density at radius 2 is 2.17 bits per heavy atom. The van der Waals surface area contributed by atoms with Crippen LogP contribution in [0.1, 0.15) is 51.4 Å². The van der Waals surface area contributed by atoms with Crippen molar-refractivity contribution in [1.82, 2.24) is 19.9 Å². The summed E-state index contributed by atoms with van der Waals surface area (Å²) in [6.45, 7) is 0.306. The Morgan fingerprint density at radius 1 is 1.34 bits per heavy atom. The van der Waals surface area contributed by atoms with Gasteiger partial charge in [-0.15, -0.1) is 5.10 Å². The maximum absolute atomic E-state index is 14.4. The van der Waals surface area contributed by atoms with Gasteiger partial charge in [0.15, 0.2) is 11.8 Å². The van der Waals surface area contributed by atoms with Crippen LogP contribution in [-0.2, 0) is 24.0 Å². The normalized spacial score (nSPS) is 26.3. The molecule has 4 atom stereocenters. The Hall–Kier alpha value is -2.86. The second kappa shape index (κ2) is 11.7. The van der Waals surface area contributed by atoms with Gasteiger partial charge in [-0.1, -0.05) is 24.1 Å². The van der Waals surface area contributed by atoms with Crippen LogP contribution >= 0.6 is 0 Å². The molecule has 11 nitrogen and oxygen atoms in total. The Balaban J connectivity index is 1.50. The molecule has 3 aliphatic rings. The quantitative estimate of drug-likeness (QED) is 0.311. The first-order chi connectivity index (χ1) is 16.9. The second-order valence-corrected chi connectivity index (χ2v) is 9.40. The summed E-state index contributed by atoms with van der Waals surface area (Å²) in [6.07, 6.45) is 5.81. The zero-order valence-corrected chi connectivity index (χ0v) is 19.6. The van der Waals surface area contributed by atoms with E-state index in [-0.39, 0.29) is 25.0 Å². The summed E-state index contributed by atoms with van der Waals surface area (Å²) in [7, 11) is 0. The van der Waals surface area contributed by atoms with Crippen LogP contribution in [0.15, 0.2) is 23.3 Å². The van der Waals surface area contributed by atoms with Gasteiger partial charge in [0.1, 0.15) is 12.2 Å². The molecular formula is C23H32FN5O6. The number of carbonyl (C=O) groups excluding carboxylic acids is 3. The number of nitrogens with zero attached hydrogens (tertiary/aromatic N) is 5. The Bertz CT molecular complexity index is 964. The number of hydrogen-bond donors (Lipinski definition) is 1. The SMILES string of the molecule is O=CN(C[C@@H](CC1CCC1)C(=O)N1C[C@H](F)C[C@H]1C(=O)N=c1cccnn1O)OC1CCCCO1. The smallest absolute Gasteiger partial charge is 0.270 e. The van der Waals surface area contributed by atoms with E-state index in [1.54, 1.807) is 0 Å². The van der Waals surface area contributed by atoms with Gasteiger partial charge in [-0.05, 0) is 37.3 Å². The van der Waals surface area contributed by atoms with Gasteiger partial charge in [0, 0.05) is 19.4 Å². The molecule has 192 valence electrons. The van der Waals surface area contributed by atoms with Gasteiger partial charge in [0.25, 0.3) is 5.91 Å². The van der Waals surface area contributed by atoms with Crippen molar-refractivity contribution in [2.24, 2.45) is 16.8 Å². The average Bonchev–Trinajstić information content (AvgIpc) is 3.23. The minimum atomic E-state index is -1.38. The fourth-order valence-corrected chi connectivity index (χ4v) is 4.78. The van der Waals surface area contributed by atoms with Gasteiger partial charge in [-0.3, -0.25) is 14.4 Å². The topological polar surface area (TPSA) is 127 Å². The highest BCUT2D eigenvalue weighted by Crippen LogP contribution is 2.34. The van der Waals surface area contributed by atoms with Gasteiger partial charge in [-0.25, -0.2) is 14.3 Å².